The Balaban J connectivity index is 1.91. The van der Waals surface area contributed by atoms with E-state index in [0.29, 0.717) is 34.5 Å². The first-order valence-corrected chi connectivity index (χ1v) is 9.47. The lowest BCUT2D eigenvalue weighted by Gasteiger charge is -2.24. The van der Waals surface area contributed by atoms with Gasteiger partial charge < -0.3 is 9.67 Å². The molecule has 3 heterocycles. The molecule has 0 radical (unpaired) electrons. The molecule has 6 nitrogen and oxygen atoms in total. The van der Waals surface area contributed by atoms with Crippen LogP contribution in [-0.2, 0) is 6.54 Å². The summed E-state index contributed by atoms with van der Waals surface area (Å²) < 4.78 is 3.99. The predicted octanol–water partition coefficient (Wildman–Crippen LogP) is 3.18. The van der Waals surface area contributed by atoms with E-state index in [9.17, 15) is 9.90 Å². The van der Waals surface area contributed by atoms with Crippen molar-refractivity contribution in [3.05, 3.63) is 46.4 Å². The van der Waals surface area contributed by atoms with E-state index in [0.717, 1.165) is 16.6 Å². The minimum atomic E-state index is -0.227. The van der Waals surface area contributed by atoms with Crippen molar-refractivity contribution in [3.8, 4) is 22.3 Å². The van der Waals surface area contributed by atoms with Crippen LogP contribution in [0.1, 0.15) is 26.0 Å². The van der Waals surface area contributed by atoms with Crippen LogP contribution in [0.25, 0.3) is 26.6 Å². The van der Waals surface area contributed by atoms with Crippen molar-refractivity contribution in [1.82, 2.24) is 19.3 Å². The molecule has 7 heteroatoms. The van der Waals surface area contributed by atoms with Gasteiger partial charge in [0.05, 0.1) is 21.5 Å². The van der Waals surface area contributed by atoms with Crippen LogP contribution in [0.2, 0.25) is 0 Å². The highest BCUT2D eigenvalue weighted by atomic mass is 32.1. The van der Waals surface area contributed by atoms with Crippen LogP contribution in [0, 0.1) is 12.8 Å². The van der Waals surface area contributed by atoms with E-state index in [1.807, 2.05) is 31.2 Å². The largest absolute Gasteiger partial charge is 0.860 e. The third-order valence-corrected chi connectivity index (χ3v) is 5.83. The molecular weight excluding hydrogens is 348 g/mol. The van der Waals surface area contributed by atoms with Crippen molar-refractivity contribution < 1.29 is 5.11 Å². The highest BCUT2D eigenvalue weighted by molar-refractivity contribution is 7.20. The fourth-order valence-electron chi connectivity index (χ4n) is 3.10. The first kappa shape index (κ1) is 16.8. The van der Waals surface area contributed by atoms with Gasteiger partial charge in [-0.2, -0.15) is 9.78 Å². The molecule has 1 aromatic carbocycles. The zero-order chi connectivity index (χ0) is 18.4. The summed E-state index contributed by atoms with van der Waals surface area (Å²) in [6, 6.07) is 9.17. The number of hydrogen-bond donors (Lipinski definition) is 0. The fourth-order valence-corrected chi connectivity index (χ4v) is 4.02. The lowest BCUT2D eigenvalue weighted by molar-refractivity contribution is -0.280. The summed E-state index contributed by atoms with van der Waals surface area (Å²) in [5, 5.41) is 17.4. The number of rotatable bonds is 4. The average molecular weight is 367 g/mol. The van der Waals surface area contributed by atoms with Gasteiger partial charge in [-0.3, -0.25) is 4.79 Å². The molecule has 1 aromatic heterocycles. The Bertz CT molecular complexity index is 1090. The molecule has 0 N–H and O–H groups in total. The summed E-state index contributed by atoms with van der Waals surface area (Å²) >= 11 is 1.41. The Labute approximate surface area is 154 Å². The van der Waals surface area contributed by atoms with E-state index in [1.165, 1.54) is 22.1 Å². The number of aromatic nitrogens is 4. The Kier molecular flexibility index (Phi) is 4.03. The summed E-state index contributed by atoms with van der Waals surface area (Å²) in [5.41, 5.74) is 2.20. The van der Waals surface area contributed by atoms with E-state index in [4.69, 9.17) is 0 Å². The minimum Gasteiger partial charge on any atom is -0.860 e. The molecule has 1 atom stereocenters. The van der Waals surface area contributed by atoms with Crippen LogP contribution in [0.3, 0.4) is 0 Å². The van der Waals surface area contributed by atoms with Crippen molar-refractivity contribution in [1.29, 1.82) is 0 Å². The molecule has 134 valence electrons. The second kappa shape index (κ2) is 6.25. The van der Waals surface area contributed by atoms with Crippen molar-refractivity contribution >= 4 is 21.6 Å². The van der Waals surface area contributed by atoms with Gasteiger partial charge in [-0.05, 0) is 36.9 Å². The van der Waals surface area contributed by atoms with Gasteiger partial charge in [-0.1, -0.05) is 43.7 Å². The van der Waals surface area contributed by atoms with E-state index in [1.54, 1.807) is 4.57 Å². The average Bonchev–Trinajstić information content (AvgIpc) is 3.19. The van der Waals surface area contributed by atoms with Gasteiger partial charge in [0.25, 0.3) is 5.56 Å². The lowest BCUT2D eigenvalue weighted by atomic mass is 10.1. The quantitative estimate of drug-likeness (QED) is 0.555. The molecule has 0 saturated carbocycles. The molecule has 0 aliphatic carbocycles. The molecular formula is C19H19N4O2S-. The lowest BCUT2D eigenvalue weighted by Crippen LogP contribution is -2.19. The van der Waals surface area contributed by atoms with Crippen molar-refractivity contribution in [3.63, 3.8) is 0 Å². The van der Waals surface area contributed by atoms with Crippen LogP contribution < -0.4 is 10.7 Å². The van der Waals surface area contributed by atoms with Crippen LogP contribution in [-0.4, -0.2) is 19.3 Å². The molecule has 0 saturated heterocycles. The second-order valence-electron chi connectivity index (χ2n) is 6.63. The van der Waals surface area contributed by atoms with Crippen molar-refractivity contribution in [2.75, 3.05) is 0 Å². The number of benzene rings is 1. The first-order valence-electron chi connectivity index (χ1n) is 8.65. The summed E-state index contributed by atoms with van der Waals surface area (Å²) in [4.78, 5) is 17.5. The maximum atomic E-state index is 13.0. The van der Waals surface area contributed by atoms with Crippen molar-refractivity contribution in [2.24, 2.45) is 5.92 Å². The number of hydrogen-bond acceptors (Lipinski definition) is 5. The Morgan fingerprint density at radius 3 is 2.81 bits per heavy atom. The van der Waals surface area contributed by atoms with Gasteiger partial charge >= 0.3 is 0 Å². The van der Waals surface area contributed by atoms with Gasteiger partial charge in [0.15, 0.2) is 0 Å². The Hall–Kier alpha value is -2.67. The predicted molar refractivity (Wildman–Crippen MR) is 101 cm³/mol. The van der Waals surface area contributed by atoms with Crippen LogP contribution >= 0.6 is 11.3 Å². The zero-order valence-corrected chi connectivity index (χ0v) is 15.7. The highest BCUT2D eigenvalue weighted by Gasteiger charge is 2.22. The van der Waals surface area contributed by atoms with Gasteiger partial charge in [0.2, 0.25) is 5.13 Å². The van der Waals surface area contributed by atoms with Crippen LogP contribution in [0.4, 0.5) is 0 Å². The molecule has 2 aromatic rings. The van der Waals surface area contributed by atoms with Gasteiger partial charge in [-0.15, -0.1) is 0 Å². The maximum absolute atomic E-state index is 13.0. The van der Waals surface area contributed by atoms with Crippen molar-refractivity contribution in [2.45, 2.75) is 33.7 Å². The molecule has 0 fully saturated rings. The van der Waals surface area contributed by atoms with Gasteiger partial charge in [0, 0.05) is 12.2 Å². The monoisotopic (exact) mass is 367 g/mol. The summed E-state index contributed by atoms with van der Waals surface area (Å²) in [6.45, 7) is 6.60. The van der Waals surface area contributed by atoms with E-state index in [2.05, 4.69) is 23.9 Å². The summed E-state index contributed by atoms with van der Waals surface area (Å²) in [6.07, 6.45) is 0.971. The SMILES string of the molecule is CC[C@H](C)Cn1c([O-])cc2nn(-c3nc4ccccc4s3)c(=O)c-2c1C. The number of nitrogens with zero attached hydrogens (tertiary/aromatic N) is 4. The third-order valence-electron chi connectivity index (χ3n) is 4.82. The number of thiazole rings is 1. The zero-order valence-electron chi connectivity index (χ0n) is 14.9. The summed E-state index contributed by atoms with van der Waals surface area (Å²) in [5.74, 6) is 0.238. The van der Waals surface area contributed by atoms with Gasteiger partial charge in [0.1, 0.15) is 0 Å². The molecule has 4 rings (SSSR count). The van der Waals surface area contributed by atoms with Crippen LogP contribution in [0.15, 0.2) is 35.1 Å². The molecule has 2 aliphatic rings. The number of pyridine rings is 1. The molecule has 0 unspecified atom stereocenters. The third kappa shape index (κ3) is 2.59. The first-order chi connectivity index (χ1) is 12.5. The van der Waals surface area contributed by atoms with Crippen LogP contribution in [0.5, 0.6) is 5.88 Å². The molecule has 26 heavy (non-hydrogen) atoms. The number of fused-ring (bicyclic) bond motifs is 2. The number of para-hydroxylation sites is 1. The van der Waals surface area contributed by atoms with Gasteiger partial charge in [-0.25, -0.2) is 4.98 Å². The Morgan fingerprint density at radius 1 is 1.31 bits per heavy atom. The fraction of sp³-hybridized carbons (Fsp3) is 0.316. The highest BCUT2D eigenvalue weighted by Crippen LogP contribution is 2.29. The standard InChI is InChI=1S/C19H20N4O2S/c1-4-11(2)10-22-12(3)17-14(9-16(22)24)21-23(18(17)25)19-20-13-7-5-6-8-15(13)26-19/h5-9,11,24H,4,10H2,1-3H3/p-1/t11-/m0/s1. The summed E-state index contributed by atoms with van der Waals surface area (Å²) in [7, 11) is 0. The Morgan fingerprint density at radius 2 is 2.08 bits per heavy atom. The maximum Gasteiger partial charge on any atom is 0.284 e. The molecule has 0 bridgehead atoms. The normalized spacial score (nSPS) is 12.9. The van der Waals surface area contributed by atoms with E-state index >= 15 is 0 Å². The molecule has 0 amide bonds. The van der Waals surface area contributed by atoms with E-state index < -0.39 is 0 Å². The topological polar surface area (TPSA) is 75.8 Å². The smallest absolute Gasteiger partial charge is 0.284 e. The van der Waals surface area contributed by atoms with E-state index in [-0.39, 0.29) is 11.4 Å². The molecule has 2 aliphatic heterocycles. The minimum absolute atomic E-state index is 0.121. The molecule has 0 spiro atoms. The second-order valence-corrected chi connectivity index (χ2v) is 7.64.